The second kappa shape index (κ2) is 8.75. The van der Waals surface area contributed by atoms with Crippen molar-refractivity contribution < 1.29 is 23.6 Å². The van der Waals surface area contributed by atoms with Gasteiger partial charge in [-0.15, -0.1) is 0 Å². The molecule has 0 saturated heterocycles. The van der Waals surface area contributed by atoms with Crippen molar-refractivity contribution in [2.24, 2.45) is 23.7 Å². The van der Waals surface area contributed by atoms with Gasteiger partial charge in [-0.25, -0.2) is 4.57 Å². The van der Waals surface area contributed by atoms with E-state index in [1.807, 2.05) is 6.07 Å². The molecule has 1 atom stereocenters. The number of nitriles is 1. The zero-order valence-corrected chi connectivity index (χ0v) is 17.1. The van der Waals surface area contributed by atoms with Crippen molar-refractivity contribution in [3.63, 3.8) is 0 Å². The second-order valence-electron chi connectivity index (χ2n) is 8.44. The number of ether oxygens (including phenoxy) is 1. The van der Waals surface area contributed by atoms with Crippen molar-refractivity contribution in [2.75, 3.05) is 7.11 Å². The molecular formula is C21H27NNaO5P. The molecule has 1 aromatic rings. The van der Waals surface area contributed by atoms with Crippen LogP contribution in [0.25, 0.3) is 5.76 Å². The molecule has 1 aromatic carbocycles. The van der Waals surface area contributed by atoms with Gasteiger partial charge in [0.15, 0.2) is 0 Å². The van der Waals surface area contributed by atoms with Crippen LogP contribution in [0.3, 0.4) is 0 Å². The fourth-order valence-corrected chi connectivity index (χ4v) is 6.32. The SMILES string of the molecule is COC(=C1C2CC3CC(C2)CC1C3)c1cccc(OP(=O)(O)O)c1C(C)C#N.[NaH]. The zero-order chi connectivity index (χ0) is 20.1. The third kappa shape index (κ3) is 4.46. The van der Waals surface area contributed by atoms with Crippen LogP contribution in [0.5, 0.6) is 5.75 Å². The average Bonchev–Trinajstić information content (AvgIpc) is 2.62. The fourth-order valence-electron chi connectivity index (χ4n) is 5.91. The van der Waals surface area contributed by atoms with E-state index in [-0.39, 0.29) is 35.3 Å². The number of hydrogen-bond acceptors (Lipinski definition) is 4. The third-order valence-electron chi connectivity index (χ3n) is 6.64. The number of methoxy groups -OCH3 is 1. The monoisotopic (exact) mass is 427 g/mol. The fraction of sp³-hybridized carbons (Fsp3) is 0.571. The van der Waals surface area contributed by atoms with Crippen molar-refractivity contribution in [1.82, 2.24) is 0 Å². The summed E-state index contributed by atoms with van der Waals surface area (Å²) in [6.45, 7) is 1.71. The molecule has 29 heavy (non-hydrogen) atoms. The Hall–Kier alpha value is -0.800. The molecule has 0 radical (unpaired) electrons. The molecule has 0 amide bonds. The summed E-state index contributed by atoms with van der Waals surface area (Å²) in [6, 6.07) is 7.25. The van der Waals surface area contributed by atoms with Crippen LogP contribution in [-0.4, -0.2) is 46.5 Å². The van der Waals surface area contributed by atoms with Crippen LogP contribution in [0.2, 0.25) is 0 Å². The van der Waals surface area contributed by atoms with Gasteiger partial charge in [0.25, 0.3) is 0 Å². The van der Waals surface area contributed by atoms with Crippen LogP contribution < -0.4 is 4.52 Å². The van der Waals surface area contributed by atoms with E-state index in [1.165, 1.54) is 43.7 Å². The quantitative estimate of drug-likeness (QED) is 0.419. The van der Waals surface area contributed by atoms with Crippen molar-refractivity contribution in [1.29, 1.82) is 5.26 Å². The summed E-state index contributed by atoms with van der Waals surface area (Å²) in [7, 11) is -3.10. The van der Waals surface area contributed by atoms with Crippen LogP contribution in [0.4, 0.5) is 0 Å². The first-order valence-electron chi connectivity index (χ1n) is 9.86. The maximum absolute atomic E-state index is 11.5. The Kier molecular flexibility index (Phi) is 6.90. The molecule has 152 valence electrons. The topological polar surface area (TPSA) is 99.8 Å². The molecule has 5 rings (SSSR count). The van der Waals surface area contributed by atoms with Gasteiger partial charge in [0, 0.05) is 11.1 Å². The van der Waals surface area contributed by atoms with E-state index < -0.39 is 13.7 Å². The molecule has 8 heteroatoms. The van der Waals surface area contributed by atoms with Crippen molar-refractivity contribution in [3.8, 4) is 11.8 Å². The Labute approximate surface area is 193 Å². The third-order valence-corrected chi connectivity index (χ3v) is 7.07. The summed E-state index contributed by atoms with van der Waals surface area (Å²) in [5, 5.41) is 9.55. The Morgan fingerprint density at radius 1 is 1.17 bits per heavy atom. The van der Waals surface area contributed by atoms with Crippen molar-refractivity contribution in [3.05, 3.63) is 34.9 Å². The molecule has 2 N–H and O–H groups in total. The van der Waals surface area contributed by atoms with Gasteiger partial charge < -0.3 is 9.26 Å². The number of rotatable bonds is 5. The molecule has 0 heterocycles. The van der Waals surface area contributed by atoms with Crippen molar-refractivity contribution >= 4 is 43.1 Å². The predicted molar refractivity (Wildman–Crippen MR) is 111 cm³/mol. The predicted octanol–water partition coefficient (Wildman–Crippen LogP) is 3.95. The summed E-state index contributed by atoms with van der Waals surface area (Å²) < 4.78 is 22.3. The van der Waals surface area contributed by atoms with Gasteiger partial charge in [0.1, 0.15) is 11.5 Å². The summed E-state index contributed by atoms with van der Waals surface area (Å²) in [5.74, 6) is 2.84. The zero-order valence-electron chi connectivity index (χ0n) is 16.2. The van der Waals surface area contributed by atoms with Gasteiger partial charge in [-0.2, -0.15) is 5.26 Å². The van der Waals surface area contributed by atoms with Gasteiger partial charge in [0.2, 0.25) is 0 Å². The minimum atomic E-state index is -4.74. The molecule has 0 aromatic heterocycles. The van der Waals surface area contributed by atoms with Gasteiger partial charge in [-0.1, -0.05) is 12.1 Å². The maximum atomic E-state index is 11.5. The summed E-state index contributed by atoms with van der Waals surface area (Å²) >= 11 is 0. The Morgan fingerprint density at radius 2 is 1.76 bits per heavy atom. The van der Waals surface area contributed by atoms with E-state index in [4.69, 9.17) is 9.26 Å². The van der Waals surface area contributed by atoms with Crippen LogP contribution in [0, 0.1) is 35.0 Å². The molecule has 4 aliphatic carbocycles. The Bertz CT molecular complexity index is 873. The molecule has 4 fully saturated rings. The first-order valence-corrected chi connectivity index (χ1v) is 11.4. The molecule has 0 aliphatic heterocycles. The number of nitrogens with zero attached hydrogens (tertiary/aromatic N) is 1. The van der Waals surface area contributed by atoms with Gasteiger partial charge in [-0.05, 0) is 74.3 Å². The van der Waals surface area contributed by atoms with E-state index in [1.54, 1.807) is 20.1 Å². The molecule has 1 unspecified atom stereocenters. The summed E-state index contributed by atoms with van der Waals surface area (Å²) in [6.07, 6.45) is 6.12. The Balaban J connectivity index is 0.00000240. The number of hydrogen-bond donors (Lipinski definition) is 2. The van der Waals surface area contributed by atoms with Gasteiger partial charge in [0.05, 0.1) is 19.1 Å². The number of allylic oxidation sites excluding steroid dienone is 1. The number of phosphoric acid groups is 1. The van der Waals surface area contributed by atoms with Crippen LogP contribution in [0.1, 0.15) is 56.1 Å². The summed E-state index contributed by atoms with van der Waals surface area (Å²) in [4.78, 5) is 18.6. The average molecular weight is 427 g/mol. The number of benzene rings is 1. The van der Waals surface area contributed by atoms with E-state index >= 15 is 0 Å². The first-order chi connectivity index (χ1) is 13.3. The van der Waals surface area contributed by atoms with E-state index in [9.17, 15) is 19.6 Å². The normalized spacial score (nSPS) is 28.3. The van der Waals surface area contributed by atoms with Crippen LogP contribution >= 0.6 is 7.82 Å². The van der Waals surface area contributed by atoms with Gasteiger partial charge in [-0.3, -0.25) is 9.79 Å². The van der Waals surface area contributed by atoms with E-state index in [2.05, 4.69) is 6.07 Å². The standard InChI is InChI=1S/C21H26NO5P.Na.H/c1-12(11-22)19-17(4-3-5-18(19)27-28(23,24)25)21(26-2)20-15-7-13-6-14(9-15)10-16(20)8-13;;/h3-5,12-16H,6-10H2,1-2H3,(H2,23,24,25);;. The van der Waals surface area contributed by atoms with Crippen LogP contribution in [0.15, 0.2) is 23.8 Å². The molecule has 4 saturated carbocycles. The number of phosphoric ester groups is 1. The minimum absolute atomic E-state index is 0. The second-order valence-corrected chi connectivity index (χ2v) is 9.61. The van der Waals surface area contributed by atoms with Crippen LogP contribution in [-0.2, 0) is 9.30 Å². The molecule has 4 bridgehead atoms. The van der Waals surface area contributed by atoms with Gasteiger partial charge >= 0.3 is 37.4 Å². The van der Waals surface area contributed by atoms with E-state index in [0.29, 0.717) is 23.0 Å². The summed E-state index contributed by atoms with van der Waals surface area (Å²) in [5.41, 5.74) is 2.52. The van der Waals surface area contributed by atoms with E-state index in [0.717, 1.165) is 17.6 Å². The molecule has 4 aliphatic rings. The van der Waals surface area contributed by atoms with Crippen molar-refractivity contribution in [2.45, 2.75) is 44.9 Å². The molecule has 6 nitrogen and oxygen atoms in total. The first kappa shape index (κ1) is 22.9. The molecular weight excluding hydrogens is 400 g/mol. The molecule has 0 spiro atoms. The Morgan fingerprint density at radius 3 is 2.24 bits per heavy atom.